The van der Waals surface area contributed by atoms with E-state index in [0.29, 0.717) is 17.9 Å². The number of likely N-dealkylation sites (tertiary alicyclic amines) is 1. The summed E-state index contributed by atoms with van der Waals surface area (Å²) in [7, 11) is 0. The molecule has 3 N–H and O–H groups in total. The van der Waals surface area contributed by atoms with Gasteiger partial charge in [0, 0.05) is 25.7 Å². The zero-order valence-electron chi connectivity index (χ0n) is 16.8. The molecule has 0 bridgehead atoms. The van der Waals surface area contributed by atoms with E-state index >= 15 is 0 Å². The number of hydrogen-bond donors (Lipinski definition) is 3. The average Bonchev–Trinajstić information content (AvgIpc) is 2.73. The molecule has 1 aromatic carbocycles. The van der Waals surface area contributed by atoms with Gasteiger partial charge in [0.1, 0.15) is 0 Å². The fraction of sp³-hybridized carbons (Fsp3) is 0.619. The van der Waals surface area contributed by atoms with E-state index < -0.39 is 5.92 Å². The Bertz CT molecular complexity index is 576. The van der Waals surface area contributed by atoms with Crippen LogP contribution in [0.5, 0.6) is 0 Å². The van der Waals surface area contributed by atoms with Crippen LogP contribution in [-0.2, 0) is 16.1 Å². The number of hydrogen-bond acceptors (Lipinski definition) is 5. The third-order valence-electron chi connectivity index (χ3n) is 5.29. The van der Waals surface area contributed by atoms with Crippen LogP contribution in [0.15, 0.2) is 30.3 Å². The normalized spacial score (nSPS) is 16.5. The number of carbonyl (C=O) groups excluding carboxylic acids is 2. The molecule has 1 aromatic rings. The zero-order chi connectivity index (χ0) is 20.2. The predicted molar refractivity (Wildman–Crippen MR) is 108 cm³/mol. The number of nitrogens with one attached hydrogen (secondary N) is 2. The van der Waals surface area contributed by atoms with Crippen LogP contribution in [0.3, 0.4) is 0 Å². The summed E-state index contributed by atoms with van der Waals surface area (Å²) < 4.78 is 0. The first-order valence-corrected chi connectivity index (χ1v) is 10.3. The number of nitrogens with zero attached hydrogens (tertiary/aromatic N) is 2. The molecule has 0 aliphatic carbocycles. The average molecular weight is 391 g/mol. The first kappa shape index (κ1) is 22.3. The summed E-state index contributed by atoms with van der Waals surface area (Å²) in [5, 5.41) is 10.0. The van der Waals surface area contributed by atoms with Crippen LogP contribution < -0.4 is 10.9 Å². The van der Waals surface area contributed by atoms with E-state index in [1.165, 1.54) is 5.56 Å². The highest BCUT2D eigenvalue weighted by Gasteiger charge is 2.23. The predicted octanol–water partition coefficient (Wildman–Crippen LogP) is 2.32. The number of hydrazine groups is 1. The maximum Gasteiger partial charge on any atom is 0.239 e. The lowest BCUT2D eigenvalue weighted by atomic mass is 10.0. The molecule has 2 rings (SSSR count). The summed E-state index contributed by atoms with van der Waals surface area (Å²) in [5.74, 6) is -0.573. The molecule has 2 amide bonds. The van der Waals surface area contributed by atoms with Crippen LogP contribution in [0, 0.1) is 5.92 Å². The van der Waals surface area contributed by atoms with Gasteiger partial charge in [0.05, 0.1) is 12.5 Å². The number of unbranched alkanes of at least 4 members (excludes halogenated alkanes) is 2. The van der Waals surface area contributed by atoms with Gasteiger partial charge >= 0.3 is 0 Å². The molecule has 7 nitrogen and oxygen atoms in total. The van der Waals surface area contributed by atoms with Gasteiger partial charge in [-0.2, -0.15) is 0 Å². The molecule has 1 saturated heterocycles. The lowest BCUT2D eigenvalue weighted by molar-refractivity contribution is -0.154. The Balaban J connectivity index is 1.72. The van der Waals surface area contributed by atoms with Gasteiger partial charge < -0.3 is 0 Å². The SMILES string of the molecule is CCCCC[C@H](CN(O)C=O)C(=O)NNC1CCN(Cc2ccccc2)CC1. The van der Waals surface area contributed by atoms with Crippen molar-refractivity contribution in [1.82, 2.24) is 20.8 Å². The van der Waals surface area contributed by atoms with Gasteiger partial charge in [-0.15, -0.1) is 0 Å². The molecule has 1 heterocycles. The third-order valence-corrected chi connectivity index (χ3v) is 5.29. The first-order chi connectivity index (χ1) is 13.6. The number of hydroxylamine groups is 2. The van der Waals surface area contributed by atoms with Gasteiger partial charge in [0.2, 0.25) is 12.3 Å². The minimum atomic E-state index is -0.410. The Morgan fingerprint density at radius 3 is 2.64 bits per heavy atom. The van der Waals surface area contributed by atoms with Crippen LogP contribution in [0.2, 0.25) is 0 Å². The Hall–Kier alpha value is -1.96. The Morgan fingerprint density at radius 1 is 1.29 bits per heavy atom. The van der Waals surface area contributed by atoms with Crippen molar-refractivity contribution >= 4 is 12.3 Å². The van der Waals surface area contributed by atoms with Crippen LogP contribution in [0.25, 0.3) is 0 Å². The molecular weight excluding hydrogens is 356 g/mol. The van der Waals surface area contributed by atoms with Crippen molar-refractivity contribution in [3.05, 3.63) is 35.9 Å². The number of rotatable bonds is 12. The Labute approximate surface area is 168 Å². The summed E-state index contributed by atoms with van der Waals surface area (Å²) in [4.78, 5) is 25.6. The molecular formula is C21H34N4O3. The van der Waals surface area contributed by atoms with E-state index in [2.05, 4.69) is 46.9 Å². The standard InChI is InChI=1S/C21H34N4O3/c1-2-3-5-10-19(16-25(28)17-26)21(27)23-22-20-11-13-24(14-12-20)15-18-8-6-4-7-9-18/h4,6-9,17,19-20,22,28H,2-3,5,10-16H2,1H3,(H,23,27)/t19-/m1/s1. The lowest BCUT2D eigenvalue weighted by Crippen LogP contribution is -2.51. The van der Waals surface area contributed by atoms with Crippen molar-refractivity contribution in [2.75, 3.05) is 19.6 Å². The van der Waals surface area contributed by atoms with E-state index in [4.69, 9.17) is 0 Å². The van der Waals surface area contributed by atoms with Crippen molar-refractivity contribution in [2.45, 2.75) is 58.0 Å². The van der Waals surface area contributed by atoms with Gasteiger partial charge in [-0.05, 0) is 24.8 Å². The fourth-order valence-electron chi connectivity index (χ4n) is 3.57. The molecule has 0 saturated carbocycles. The second kappa shape index (κ2) is 12.5. The number of piperidine rings is 1. The molecule has 0 radical (unpaired) electrons. The number of benzene rings is 1. The molecule has 28 heavy (non-hydrogen) atoms. The van der Waals surface area contributed by atoms with Crippen molar-refractivity contribution in [1.29, 1.82) is 0 Å². The molecule has 156 valence electrons. The second-order valence-corrected chi connectivity index (χ2v) is 7.59. The van der Waals surface area contributed by atoms with E-state index in [1.807, 2.05) is 6.07 Å². The van der Waals surface area contributed by atoms with Crippen molar-refractivity contribution in [2.24, 2.45) is 5.92 Å². The van der Waals surface area contributed by atoms with Crippen LogP contribution in [-0.4, -0.2) is 53.2 Å². The molecule has 1 atom stereocenters. The van der Waals surface area contributed by atoms with Gasteiger partial charge in [-0.25, -0.2) is 10.5 Å². The molecule has 0 spiro atoms. The largest absolute Gasteiger partial charge is 0.299 e. The molecule has 1 aliphatic heterocycles. The van der Waals surface area contributed by atoms with Crippen molar-refractivity contribution in [3.8, 4) is 0 Å². The molecule has 0 unspecified atom stereocenters. The minimum absolute atomic E-state index is 0.0241. The lowest BCUT2D eigenvalue weighted by Gasteiger charge is -2.32. The number of carbonyl (C=O) groups is 2. The van der Waals surface area contributed by atoms with Crippen molar-refractivity contribution < 1.29 is 14.8 Å². The monoisotopic (exact) mass is 390 g/mol. The second-order valence-electron chi connectivity index (χ2n) is 7.59. The minimum Gasteiger partial charge on any atom is -0.299 e. The van der Waals surface area contributed by atoms with Crippen LogP contribution >= 0.6 is 0 Å². The van der Waals surface area contributed by atoms with Crippen LogP contribution in [0.4, 0.5) is 0 Å². The van der Waals surface area contributed by atoms with E-state index in [-0.39, 0.29) is 18.5 Å². The van der Waals surface area contributed by atoms with Gasteiger partial charge in [-0.1, -0.05) is 56.5 Å². The third kappa shape index (κ3) is 7.96. The highest BCUT2D eigenvalue weighted by Crippen LogP contribution is 2.14. The highest BCUT2D eigenvalue weighted by atomic mass is 16.5. The first-order valence-electron chi connectivity index (χ1n) is 10.3. The highest BCUT2D eigenvalue weighted by molar-refractivity contribution is 5.78. The van der Waals surface area contributed by atoms with Crippen LogP contribution in [0.1, 0.15) is 51.0 Å². The topological polar surface area (TPSA) is 84.9 Å². The molecule has 1 fully saturated rings. The summed E-state index contributed by atoms with van der Waals surface area (Å²) in [6, 6.07) is 10.7. The summed E-state index contributed by atoms with van der Waals surface area (Å²) in [6.45, 7) is 5.05. The van der Waals surface area contributed by atoms with Crippen molar-refractivity contribution in [3.63, 3.8) is 0 Å². The smallest absolute Gasteiger partial charge is 0.239 e. The molecule has 1 aliphatic rings. The zero-order valence-corrected chi connectivity index (χ0v) is 16.8. The van der Waals surface area contributed by atoms with E-state index in [1.54, 1.807) is 0 Å². The summed E-state index contributed by atoms with van der Waals surface area (Å²) in [5.41, 5.74) is 7.29. The molecule has 0 aromatic heterocycles. The maximum absolute atomic E-state index is 12.5. The van der Waals surface area contributed by atoms with Gasteiger partial charge in [0.15, 0.2) is 0 Å². The quantitative estimate of drug-likeness (QED) is 0.221. The fourth-order valence-corrected chi connectivity index (χ4v) is 3.57. The molecule has 7 heteroatoms. The van der Waals surface area contributed by atoms with E-state index in [9.17, 15) is 14.8 Å². The Morgan fingerprint density at radius 2 is 2.00 bits per heavy atom. The summed E-state index contributed by atoms with van der Waals surface area (Å²) >= 11 is 0. The maximum atomic E-state index is 12.5. The summed E-state index contributed by atoms with van der Waals surface area (Å²) in [6.07, 6.45) is 5.92. The van der Waals surface area contributed by atoms with E-state index in [0.717, 1.165) is 51.7 Å². The van der Waals surface area contributed by atoms with Gasteiger partial charge in [-0.3, -0.25) is 25.1 Å². The number of amides is 2. The van der Waals surface area contributed by atoms with Gasteiger partial charge in [0.25, 0.3) is 0 Å². The Kier molecular flexibility index (Phi) is 9.96.